The highest BCUT2D eigenvalue weighted by molar-refractivity contribution is 5.70. The van der Waals surface area contributed by atoms with Gasteiger partial charge in [0.15, 0.2) is 0 Å². The first kappa shape index (κ1) is 14.4. The summed E-state index contributed by atoms with van der Waals surface area (Å²) in [5, 5.41) is 13.4. The van der Waals surface area contributed by atoms with Gasteiger partial charge in [0.05, 0.1) is 35.9 Å². The Kier molecular flexibility index (Phi) is 3.98. The molecule has 0 spiro atoms. The van der Waals surface area contributed by atoms with E-state index in [-0.39, 0.29) is 6.61 Å². The summed E-state index contributed by atoms with van der Waals surface area (Å²) in [6.07, 6.45) is 3.65. The van der Waals surface area contributed by atoms with Crippen molar-refractivity contribution in [3.8, 4) is 22.5 Å². The zero-order valence-electron chi connectivity index (χ0n) is 12.7. The van der Waals surface area contributed by atoms with Gasteiger partial charge < -0.3 is 5.11 Å². The lowest BCUT2D eigenvalue weighted by molar-refractivity contribution is 0.269. The summed E-state index contributed by atoms with van der Waals surface area (Å²) < 4.78 is 1.74. The Labute approximate surface area is 129 Å². The maximum atomic E-state index is 8.97. The maximum Gasteiger partial charge on any atom is 0.0923 e. The number of benzene rings is 1. The van der Waals surface area contributed by atoms with Gasteiger partial charge in [-0.3, -0.25) is 9.67 Å². The third-order valence-corrected chi connectivity index (χ3v) is 3.48. The van der Waals surface area contributed by atoms with E-state index in [1.54, 1.807) is 10.9 Å². The largest absolute Gasteiger partial charge is 0.394 e. The summed E-state index contributed by atoms with van der Waals surface area (Å²) >= 11 is 0. The van der Waals surface area contributed by atoms with Crippen molar-refractivity contribution < 1.29 is 5.11 Å². The lowest BCUT2D eigenvalue weighted by atomic mass is 10.0. The second kappa shape index (κ2) is 6.07. The molecule has 0 radical (unpaired) electrons. The van der Waals surface area contributed by atoms with E-state index < -0.39 is 0 Å². The van der Waals surface area contributed by atoms with Crippen LogP contribution in [-0.4, -0.2) is 31.5 Å². The number of aliphatic hydroxyl groups excluding tert-OH is 1. The summed E-state index contributed by atoms with van der Waals surface area (Å²) in [6.45, 7) is 4.49. The molecule has 0 aliphatic heterocycles. The van der Waals surface area contributed by atoms with Gasteiger partial charge in [0.2, 0.25) is 0 Å². The Morgan fingerprint density at radius 3 is 2.77 bits per heavy atom. The zero-order chi connectivity index (χ0) is 15.5. The molecule has 0 amide bonds. The van der Waals surface area contributed by atoms with Crippen LogP contribution in [0, 0.1) is 13.8 Å². The van der Waals surface area contributed by atoms with Gasteiger partial charge >= 0.3 is 0 Å². The molecule has 0 fully saturated rings. The first-order valence-corrected chi connectivity index (χ1v) is 7.23. The normalized spacial score (nSPS) is 10.9. The van der Waals surface area contributed by atoms with E-state index in [1.165, 1.54) is 0 Å². The number of aryl methyl sites for hydroxylation is 2. The van der Waals surface area contributed by atoms with Gasteiger partial charge in [-0.15, -0.1) is 0 Å². The fraction of sp³-hybridized carbons (Fsp3) is 0.235. The Hall–Kier alpha value is -2.53. The van der Waals surface area contributed by atoms with Gasteiger partial charge in [0, 0.05) is 23.5 Å². The van der Waals surface area contributed by atoms with Crippen LogP contribution in [-0.2, 0) is 6.54 Å². The molecule has 5 heteroatoms. The summed E-state index contributed by atoms with van der Waals surface area (Å²) in [5.41, 5.74) is 5.65. The van der Waals surface area contributed by atoms with Crippen molar-refractivity contribution in [3.05, 3.63) is 54.1 Å². The van der Waals surface area contributed by atoms with Crippen molar-refractivity contribution in [2.24, 2.45) is 0 Å². The lowest BCUT2D eigenvalue weighted by Crippen LogP contribution is -2.02. The second-order valence-corrected chi connectivity index (χ2v) is 5.21. The molecule has 0 atom stereocenters. The predicted octanol–water partition coefficient (Wildman–Crippen LogP) is 2.62. The molecule has 3 aromatic rings. The average molecular weight is 294 g/mol. The van der Waals surface area contributed by atoms with Gasteiger partial charge in [0.25, 0.3) is 0 Å². The Balaban J connectivity index is 2.00. The minimum Gasteiger partial charge on any atom is -0.394 e. The smallest absolute Gasteiger partial charge is 0.0923 e. The summed E-state index contributed by atoms with van der Waals surface area (Å²) in [6, 6.07) is 10.1. The van der Waals surface area contributed by atoms with Crippen molar-refractivity contribution in [3.63, 3.8) is 0 Å². The molecule has 1 aromatic carbocycles. The Morgan fingerprint density at radius 2 is 1.95 bits per heavy atom. The number of aliphatic hydroxyl groups is 1. The molecule has 0 saturated carbocycles. The van der Waals surface area contributed by atoms with Crippen LogP contribution < -0.4 is 0 Å². The number of rotatable bonds is 4. The first-order valence-electron chi connectivity index (χ1n) is 7.23. The number of hydrogen-bond acceptors (Lipinski definition) is 4. The molecule has 1 N–H and O–H groups in total. The molecule has 22 heavy (non-hydrogen) atoms. The molecule has 0 saturated heterocycles. The van der Waals surface area contributed by atoms with Crippen LogP contribution in [0.5, 0.6) is 0 Å². The van der Waals surface area contributed by atoms with E-state index in [1.807, 2.05) is 44.3 Å². The standard InChI is InChI=1S/C17H18N4O/c1-12-11-18-13(2)17(19-12)15-5-3-4-14(10-15)16-6-7-21(20-16)8-9-22/h3-7,10-11,22H,8-9H2,1-2H3. The van der Waals surface area contributed by atoms with Crippen molar-refractivity contribution in [2.45, 2.75) is 20.4 Å². The highest BCUT2D eigenvalue weighted by atomic mass is 16.3. The van der Waals surface area contributed by atoms with Crippen LogP contribution in [0.1, 0.15) is 11.4 Å². The topological polar surface area (TPSA) is 63.8 Å². The minimum atomic E-state index is 0.0826. The maximum absolute atomic E-state index is 8.97. The predicted molar refractivity (Wildman–Crippen MR) is 85.2 cm³/mol. The molecular formula is C17H18N4O. The van der Waals surface area contributed by atoms with Gasteiger partial charge in [-0.2, -0.15) is 5.10 Å². The fourth-order valence-corrected chi connectivity index (χ4v) is 2.38. The quantitative estimate of drug-likeness (QED) is 0.803. The van der Waals surface area contributed by atoms with E-state index in [9.17, 15) is 0 Å². The number of aromatic nitrogens is 4. The number of nitrogens with zero attached hydrogens (tertiary/aromatic N) is 4. The van der Waals surface area contributed by atoms with Gasteiger partial charge in [-0.1, -0.05) is 18.2 Å². The molecule has 0 unspecified atom stereocenters. The van der Waals surface area contributed by atoms with Gasteiger partial charge in [-0.25, -0.2) is 4.98 Å². The van der Waals surface area contributed by atoms with Crippen LogP contribution in [0.15, 0.2) is 42.7 Å². The molecular weight excluding hydrogens is 276 g/mol. The summed E-state index contributed by atoms with van der Waals surface area (Å²) in [4.78, 5) is 8.97. The molecule has 112 valence electrons. The first-order chi connectivity index (χ1) is 10.7. The van der Waals surface area contributed by atoms with E-state index in [0.29, 0.717) is 6.54 Å². The van der Waals surface area contributed by atoms with Crippen LogP contribution in [0.4, 0.5) is 0 Å². The summed E-state index contributed by atoms with van der Waals surface area (Å²) in [5.74, 6) is 0. The Bertz CT molecular complexity index is 795. The number of hydrogen-bond donors (Lipinski definition) is 1. The Morgan fingerprint density at radius 1 is 1.14 bits per heavy atom. The zero-order valence-corrected chi connectivity index (χ0v) is 12.7. The third kappa shape index (κ3) is 2.89. The molecule has 2 aromatic heterocycles. The molecule has 0 aliphatic rings. The van der Waals surface area contributed by atoms with Crippen molar-refractivity contribution in [1.29, 1.82) is 0 Å². The van der Waals surface area contributed by atoms with Crippen LogP contribution in [0.3, 0.4) is 0 Å². The van der Waals surface area contributed by atoms with Crippen LogP contribution in [0.2, 0.25) is 0 Å². The highest BCUT2D eigenvalue weighted by Gasteiger charge is 2.08. The molecule has 0 aliphatic carbocycles. The fourth-order valence-electron chi connectivity index (χ4n) is 2.38. The highest BCUT2D eigenvalue weighted by Crippen LogP contribution is 2.25. The van der Waals surface area contributed by atoms with Crippen molar-refractivity contribution in [2.75, 3.05) is 6.61 Å². The van der Waals surface area contributed by atoms with Crippen LogP contribution >= 0.6 is 0 Å². The van der Waals surface area contributed by atoms with Crippen LogP contribution in [0.25, 0.3) is 22.5 Å². The van der Waals surface area contributed by atoms with E-state index >= 15 is 0 Å². The molecule has 2 heterocycles. The minimum absolute atomic E-state index is 0.0826. The van der Waals surface area contributed by atoms with E-state index in [0.717, 1.165) is 33.9 Å². The van der Waals surface area contributed by atoms with Crippen molar-refractivity contribution in [1.82, 2.24) is 19.7 Å². The third-order valence-electron chi connectivity index (χ3n) is 3.48. The molecule has 5 nitrogen and oxygen atoms in total. The van der Waals surface area contributed by atoms with E-state index in [4.69, 9.17) is 5.11 Å². The monoisotopic (exact) mass is 294 g/mol. The van der Waals surface area contributed by atoms with Gasteiger partial charge in [-0.05, 0) is 26.0 Å². The SMILES string of the molecule is Cc1cnc(C)c(-c2cccc(-c3ccn(CCO)n3)c2)n1. The van der Waals surface area contributed by atoms with E-state index in [2.05, 4.69) is 21.1 Å². The average Bonchev–Trinajstić information content (AvgIpc) is 2.99. The second-order valence-electron chi connectivity index (χ2n) is 5.21. The lowest BCUT2D eigenvalue weighted by Gasteiger charge is -2.07. The molecule has 3 rings (SSSR count). The molecule has 0 bridgehead atoms. The van der Waals surface area contributed by atoms with Crippen molar-refractivity contribution >= 4 is 0 Å². The summed E-state index contributed by atoms with van der Waals surface area (Å²) in [7, 11) is 0. The van der Waals surface area contributed by atoms with Gasteiger partial charge in [0.1, 0.15) is 0 Å².